The molecule has 5 N–H and O–H groups in total. The average Bonchev–Trinajstić information content (AvgIpc) is 2.37. The number of hydrogen-bond donors (Lipinski definition) is 4. The molecule has 11 heteroatoms. The standard InChI is InChI=1S/C9H14FNO4.C2HF3O2/c10-5-1-2-6(8(12)13)3-4-7(11)9(14)15;3-2(4,5)1(6)7/h3,7H,1-2,4-5,11H2,(H,12,13)(H,14,15);(H,6,7)/b6-3-;/t7-;/m0./s1. The molecule has 0 aliphatic rings. The highest BCUT2D eigenvalue weighted by Crippen LogP contribution is 2.13. The van der Waals surface area contributed by atoms with E-state index in [4.69, 9.17) is 25.8 Å². The molecule has 0 aromatic rings. The lowest BCUT2D eigenvalue weighted by molar-refractivity contribution is -0.192. The van der Waals surface area contributed by atoms with Gasteiger partial charge in [0, 0.05) is 5.57 Å². The van der Waals surface area contributed by atoms with E-state index in [9.17, 15) is 27.2 Å². The Balaban J connectivity index is 0. The maximum absolute atomic E-state index is 11.8. The van der Waals surface area contributed by atoms with Gasteiger partial charge in [0.05, 0.1) is 6.67 Å². The fraction of sp³-hybridized carbons (Fsp3) is 0.545. The van der Waals surface area contributed by atoms with Crippen LogP contribution >= 0.6 is 0 Å². The molecule has 0 fully saturated rings. The summed E-state index contributed by atoms with van der Waals surface area (Å²) in [6.07, 6.45) is -3.72. The molecule has 0 unspecified atom stereocenters. The topological polar surface area (TPSA) is 138 Å². The number of nitrogens with two attached hydrogens (primary N) is 1. The van der Waals surface area contributed by atoms with Gasteiger partial charge >= 0.3 is 24.1 Å². The van der Waals surface area contributed by atoms with Crippen LogP contribution in [0.3, 0.4) is 0 Å². The first-order valence-electron chi connectivity index (χ1n) is 5.70. The second kappa shape index (κ2) is 10.5. The summed E-state index contributed by atoms with van der Waals surface area (Å²) in [5, 5.41) is 24.2. The number of alkyl halides is 4. The Hall–Kier alpha value is -2.17. The maximum atomic E-state index is 11.8. The number of halogens is 4. The molecule has 0 heterocycles. The van der Waals surface area contributed by atoms with Crippen LogP contribution in [0.25, 0.3) is 0 Å². The van der Waals surface area contributed by atoms with E-state index in [1.165, 1.54) is 6.08 Å². The van der Waals surface area contributed by atoms with Crippen LogP contribution < -0.4 is 5.73 Å². The SMILES string of the molecule is N[C@@H](C/C=C(/CCCF)C(=O)O)C(=O)O.O=C(O)C(F)(F)F. The molecule has 128 valence electrons. The average molecular weight is 333 g/mol. The van der Waals surface area contributed by atoms with Crippen molar-refractivity contribution in [2.24, 2.45) is 5.73 Å². The molecule has 22 heavy (non-hydrogen) atoms. The minimum Gasteiger partial charge on any atom is -0.480 e. The number of rotatable bonds is 7. The van der Waals surface area contributed by atoms with Gasteiger partial charge in [0.15, 0.2) is 0 Å². The first-order chi connectivity index (χ1) is 9.93. The summed E-state index contributed by atoms with van der Waals surface area (Å²) in [5.41, 5.74) is 5.19. The van der Waals surface area contributed by atoms with Crippen LogP contribution in [0.1, 0.15) is 19.3 Å². The van der Waals surface area contributed by atoms with Crippen molar-refractivity contribution in [1.29, 1.82) is 0 Å². The molecular weight excluding hydrogens is 318 g/mol. The van der Waals surface area contributed by atoms with E-state index in [-0.39, 0.29) is 24.8 Å². The molecule has 0 saturated carbocycles. The van der Waals surface area contributed by atoms with Crippen LogP contribution in [-0.4, -0.2) is 52.1 Å². The van der Waals surface area contributed by atoms with Crippen LogP contribution in [0.5, 0.6) is 0 Å². The highest BCUT2D eigenvalue weighted by molar-refractivity contribution is 5.86. The van der Waals surface area contributed by atoms with E-state index in [0.29, 0.717) is 0 Å². The van der Waals surface area contributed by atoms with Crippen molar-refractivity contribution in [2.45, 2.75) is 31.5 Å². The second-order valence-corrected chi connectivity index (χ2v) is 3.81. The first-order valence-corrected chi connectivity index (χ1v) is 5.70. The third kappa shape index (κ3) is 11.6. The quantitative estimate of drug-likeness (QED) is 0.405. The van der Waals surface area contributed by atoms with Gasteiger partial charge in [-0.15, -0.1) is 0 Å². The van der Waals surface area contributed by atoms with Crippen molar-refractivity contribution in [3.63, 3.8) is 0 Å². The van der Waals surface area contributed by atoms with Crippen molar-refractivity contribution in [1.82, 2.24) is 0 Å². The fourth-order valence-electron chi connectivity index (χ4n) is 0.924. The summed E-state index contributed by atoms with van der Waals surface area (Å²) < 4.78 is 43.5. The Morgan fingerprint density at radius 2 is 1.59 bits per heavy atom. The van der Waals surface area contributed by atoms with Crippen LogP contribution in [0, 0.1) is 0 Å². The predicted octanol–water partition coefficient (Wildman–Crippen LogP) is 1.18. The Morgan fingerprint density at radius 1 is 1.14 bits per heavy atom. The van der Waals surface area contributed by atoms with Gasteiger partial charge in [-0.2, -0.15) is 13.2 Å². The van der Waals surface area contributed by atoms with Crippen molar-refractivity contribution in [3.8, 4) is 0 Å². The molecule has 0 aromatic carbocycles. The third-order valence-corrected chi connectivity index (χ3v) is 2.03. The summed E-state index contributed by atoms with van der Waals surface area (Å²) in [6, 6.07) is -1.12. The van der Waals surface area contributed by atoms with Crippen molar-refractivity contribution in [3.05, 3.63) is 11.6 Å². The molecule has 0 aromatic heterocycles. The zero-order valence-corrected chi connectivity index (χ0v) is 11.1. The lowest BCUT2D eigenvalue weighted by Crippen LogP contribution is -2.29. The molecule has 7 nitrogen and oxygen atoms in total. The Morgan fingerprint density at radius 3 is 1.86 bits per heavy atom. The molecule has 0 aliphatic heterocycles. The van der Waals surface area contributed by atoms with Gasteiger partial charge in [-0.05, 0) is 19.3 Å². The van der Waals surface area contributed by atoms with E-state index in [1.54, 1.807) is 0 Å². The summed E-state index contributed by atoms with van der Waals surface area (Å²) in [5.74, 6) is -5.12. The van der Waals surface area contributed by atoms with Crippen LogP contribution in [0.4, 0.5) is 17.6 Å². The van der Waals surface area contributed by atoms with Crippen molar-refractivity contribution >= 4 is 17.9 Å². The number of carboxylic acids is 3. The van der Waals surface area contributed by atoms with Crippen LogP contribution in [-0.2, 0) is 14.4 Å². The minimum atomic E-state index is -5.08. The first kappa shape index (κ1) is 22.1. The third-order valence-electron chi connectivity index (χ3n) is 2.03. The molecule has 0 saturated heterocycles. The van der Waals surface area contributed by atoms with Gasteiger partial charge in [0.2, 0.25) is 0 Å². The molecule has 0 amide bonds. The van der Waals surface area contributed by atoms with Gasteiger partial charge in [0.1, 0.15) is 6.04 Å². The largest absolute Gasteiger partial charge is 0.490 e. The lowest BCUT2D eigenvalue weighted by Gasteiger charge is -2.04. The van der Waals surface area contributed by atoms with E-state index in [2.05, 4.69) is 0 Å². The van der Waals surface area contributed by atoms with Gasteiger partial charge in [-0.25, -0.2) is 9.59 Å². The lowest BCUT2D eigenvalue weighted by atomic mass is 10.1. The zero-order valence-electron chi connectivity index (χ0n) is 11.1. The number of carbonyl (C=O) groups is 3. The van der Waals surface area contributed by atoms with Gasteiger partial charge < -0.3 is 21.1 Å². The van der Waals surface area contributed by atoms with Gasteiger partial charge in [-0.1, -0.05) is 6.08 Å². The molecule has 1 atom stereocenters. The predicted molar refractivity (Wildman–Crippen MR) is 64.8 cm³/mol. The highest BCUT2D eigenvalue weighted by atomic mass is 19.4. The monoisotopic (exact) mass is 333 g/mol. The smallest absolute Gasteiger partial charge is 0.480 e. The Kier molecular flexibility index (Phi) is 10.6. The van der Waals surface area contributed by atoms with Gasteiger partial charge in [0.25, 0.3) is 0 Å². The van der Waals surface area contributed by atoms with Crippen molar-refractivity contribution < 1.29 is 47.3 Å². The maximum Gasteiger partial charge on any atom is 0.490 e. The number of carboxylic acid groups (broad SMARTS) is 3. The van der Waals surface area contributed by atoms with Crippen molar-refractivity contribution in [2.75, 3.05) is 6.67 Å². The summed E-state index contributed by atoms with van der Waals surface area (Å²) in [4.78, 5) is 29.8. The van der Waals surface area contributed by atoms with E-state index in [0.717, 1.165) is 0 Å². The molecule has 0 spiro atoms. The molecule has 0 rings (SSSR count). The molecular formula is C11H15F4NO6. The Labute approximate surface area is 122 Å². The fourth-order valence-corrected chi connectivity index (χ4v) is 0.924. The van der Waals surface area contributed by atoms with E-state index in [1.807, 2.05) is 0 Å². The molecule has 0 aliphatic carbocycles. The Bertz CT molecular complexity index is 421. The van der Waals surface area contributed by atoms with Gasteiger partial charge in [-0.3, -0.25) is 9.18 Å². The zero-order chi connectivity index (χ0) is 17.9. The highest BCUT2D eigenvalue weighted by Gasteiger charge is 2.38. The van der Waals surface area contributed by atoms with Crippen LogP contribution in [0.15, 0.2) is 11.6 Å². The van der Waals surface area contributed by atoms with E-state index >= 15 is 0 Å². The summed E-state index contributed by atoms with van der Waals surface area (Å²) in [7, 11) is 0. The normalized spacial score (nSPS) is 12.9. The van der Waals surface area contributed by atoms with E-state index < -0.39 is 36.8 Å². The minimum absolute atomic E-state index is 0.00403. The molecule has 0 bridgehead atoms. The molecule has 0 radical (unpaired) electrons. The van der Waals surface area contributed by atoms with Crippen LogP contribution in [0.2, 0.25) is 0 Å². The summed E-state index contributed by atoms with van der Waals surface area (Å²) in [6.45, 7) is -0.602. The second-order valence-electron chi connectivity index (χ2n) is 3.81. The summed E-state index contributed by atoms with van der Waals surface area (Å²) >= 11 is 0. The number of hydrogen-bond acceptors (Lipinski definition) is 4. The number of aliphatic carboxylic acids is 3.